The Kier molecular flexibility index (Phi) is 8.24. The summed E-state index contributed by atoms with van der Waals surface area (Å²) in [4.78, 5) is 4.40. The minimum absolute atomic E-state index is 0.278. The molecule has 0 bridgehead atoms. The van der Waals surface area contributed by atoms with Gasteiger partial charge in [-0.05, 0) is 25.5 Å². The van der Waals surface area contributed by atoms with E-state index in [-0.39, 0.29) is 12.1 Å². The number of phenols is 1. The molecule has 1 fully saturated rings. The van der Waals surface area contributed by atoms with Crippen LogP contribution in [0.2, 0.25) is 0 Å². The molecule has 0 heterocycles. The molecule has 0 aliphatic heterocycles. The second-order valence-corrected chi connectivity index (χ2v) is 7.89. The normalized spacial score (nSPS) is 20.8. The molecule has 2 atom stereocenters. The van der Waals surface area contributed by atoms with Gasteiger partial charge in [-0.25, -0.2) is 0 Å². The van der Waals surface area contributed by atoms with Crippen LogP contribution in [0, 0.1) is 6.92 Å². The van der Waals surface area contributed by atoms with Gasteiger partial charge < -0.3 is 9.84 Å². The molecule has 1 saturated carbocycles. The summed E-state index contributed by atoms with van der Waals surface area (Å²) < 4.78 is 5.43. The van der Waals surface area contributed by atoms with Gasteiger partial charge in [0.1, 0.15) is 5.75 Å². The van der Waals surface area contributed by atoms with Gasteiger partial charge in [0, 0.05) is 24.8 Å². The number of para-hydroxylation sites is 1. The van der Waals surface area contributed by atoms with Crippen LogP contribution in [0.3, 0.4) is 0 Å². The van der Waals surface area contributed by atoms with E-state index in [0.717, 1.165) is 24.2 Å². The fraction of sp³-hybridized carbons (Fsp3) is 0.462. The first-order chi connectivity index (χ1) is 9.13. The Labute approximate surface area is 132 Å². The van der Waals surface area contributed by atoms with Crippen molar-refractivity contribution in [1.82, 2.24) is 0 Å². The number of hydrogen-bond acceptors (Lipinski definition) is 3. The zero-order valence-corrected chi connectivity index (χ0v) is 14.9. The third-order valence-corrected chi connectivity index (χ3v) is 2.75. The zero-order chi connectivity index (χ0) is 14.3. The molecular formula is C13H17Cl2NO2Zr. The van der Waals surface area contributed by atoms with Crippen LogP contribution >= 0.6 is 17.0 Å². The second kappa shape index (κ2) is 9.12. The Bertz CT molecular complexity index is 429. The van der Waals surface area contributed by atoms with E-state index in [9.17, 15) is 5.11 Å². The van der Waals surface area contributed by atoms with Crippen LogP contribution < -0.4 is 0 Å². The van der Waals surface area contributed by atoms with Crippen molar-refractivity contribution in [3.63, 3.8) is 0 Å². The Morgan fingerprint density at radius 2 is 2.21 bits per heavy atom. The van der Waals surface area contributed by atoms with Gasteiger partial charge in [0.05, 0.1) is 12.1 Å². The molecule has 3 nitrogen and oxygen atoms in total. The van der Waals surface area contributed by atoms with E-state index in [2.05, 4.69) is 4.99 Å². The molecule has 2 unspecified atom stereocenters. The van der Waals surface area contributed by atoms with Crippen LogP contribution in [0.25, 0.3) is 0 Å². The molecule has 0 saturated heterocycles. The van der Waals surface area contributed by atoms with Crippen LogP contribution in [0.15, 0.2) is 23.2 Å². The number of rotatable bonds is 4. The Morgan fingerprint density at radius 1 is 1.53 bits per heavy atom. The molecule has 2 rings (SSSR count). The van der Waals surface area contributed by atoms with Crippen molar-refractivity contribution in [2.75, 3.05) is 6.61 Å². The van der Waals surface area contributed by atoms with Gasteiger partial charge in [0.2, 0.25) is 0 Å². The number of ether oxygens (including phenoxy) is 1. The third-order valence-electron chi connectivity index (χ3n) is 2.75. The monoisotopic (exact) mass is 379 g/mol. The van der Waals surface area contributed by atoms with E-state index in [1.54, 1.807) is 6.21 Å². The number of aryl methyl sites for hydroxylation is 1. The molecule has 0 aromatic heterocycles. The molecule has 1 aliphatic carbocycles. The van der Waals surface area contributed by atoms with E-state index in [4.69, 9.17) is 21.8 Å². The van der Waals surface area contributed by atoms with Crippen molar-refractivity contribution >= 4 is 23.2 Å². The molecule has 1 N–H and O–H groups in total. The molecule has 6 heteroatoms. The van der Waals surface area contributed by atoms with Gasteiger partial charge in [-0.1, -0.05) is 12.1 Å². The van der Waals surface area contributed by atoms with Gasteiger partial charge >= 0.3 is 37.9 Å². The molecule has 19 heavy (non-hydrogen) atoms. The molecule has 0 spiro atoms. The first kappa shape index (κ1) is 17.2. The van der Waals surface area contributed by atoms with E-state index in [1.165, 1.54) is 0 Å². The number of benzene rings is 1. The van der Waals surface area contributed by atoms with E-state index >= 15 is 0 Å². The molecular weight excluding hydrogens is 364 g/mol. The fourth-order valence-electron chi connectivity index (χ4n) is 1.67. The number of aromatic hydroxyl groups is 1. The van der Waals surface area contributed by atoms with Gasteiger partial charge in [-0.2, -0.15) is 0 Å². The maximum atomic E-state index is 9.78. The summed E-state index contributed by atoms with van der Waals surface area (Å²) in [5.41, 5.74) is 1.66. The summed E-state index contributed by atoms with van der Waals surface area (Å²) in [5.74, 6) is 0.319. The summed E-state index contributed by atoms with van der Waals surface area (Å²) in [5, 5.41) is 9.78. The van der Waals surface area contributed by atoms with Crippen molar-refractivity contribution in [2.45, 2.75) is 32.4 Å². The zero-order valence-electron chi connectivity index (χ0n) is 10.9. The Balaban J connectivity index is 0.000000550. The summed E-state index contributed by atoms with van der Waals surface area (Å²) >= 11 is -0.826. The molecule has 104 valence electrons. The Hall–Kier alpha value is 0.113. The predicted molar refractivity (Wildman–Crippen MR) is 76.0 cm³/mol. The van der Waals surface area contributed by atoms with Crippen LogP contribution in [0.5, 0.6) is 5.75 Å². The van der Waals surface area contributed by atoms with Crippen LogP contribution in [0.1, 0.15) is 24.5 Å². The summed E-state index contributed by atoms with van der Waals surface area (Å²) in [7, 11) is 9.87. The minimum atomic E-state index is -0.826. The number of halogens is 2. The molecule has 1 aromatic carbocycles. The van der Waals surface area contributed by atoms with Crippen molar-refractivity contribution in [3.8, 4) is 5.75 Å². The topological polar surface area (TPSA) is 41.8 Å². The van der Waals surface area contributed by atoms with E-state index in [1.807, 2.05) is 32.0 Å². The maximum absolute atomic E-state index is 9.78. The van der Waals surface area contributed by atoms with Crippen molar-refractivity contribution in [1.29, 1.82) is 0 Å². The Morgan fingerprint density at radius 3 is 2.84 bits per heavy atom. The van der Waals surface area contributed by atoms with Crippen LogP contribution in [0.4, 0.5) is 0 Å². The SMILES string of the molecule is CCOC1CC1N=Cc1cccc(C)c1O.[Cl][Zr][Cl]. The van der Waals surface area contributed by atoms with E-state index < -0.39 is 20.8 Å². The first-order valence-electron chi connectivity index (χ1n) is 6.03. The van der Waals surface area contributed by atoms with Crippen LogP contribution in [-0.2, 0) is 25.6 Å². The summed E-state index contributed by atoms with van der Waals surface area (Å²) in [6.07, 6.45) is 3.02. The van der Waals surface area contributed by atoms with Crippen molar-refractivity contribution < 1.29 is 30.7 Å². The molecule has 0 radical (unpaired) electrons. The predicted octanol–water partition coefficient (Wildman–Crippen LogP) is 3.67. The van der Waals surface area contributed by atoms with Crippen molar-refractivity contribution in [2.24, 2.45) is 4.99 Å². The number of phenolic OH excluding ortho intramolecular Hbond substituents is 1. The summed E-state index contributed by atoms with van der Waals surface area (Å²) in [6, 6.07) is 5.94. The number of nitrogens with zero attached hydrogens (tertiary/aromatic N) is 1. The van der Waals surface area contributed by atoms with Gasteiger partial charge in [-0.3, -0.25) is 4.99 Å². The average Bonchev–Trinajstić information content (AvgIpc) is 3.11. The second-order valence-electron chi connectivity index (χ2n) is 4.16. The van der Waals surface area contributed by atoms with Crippen molar-refractivity contribution in [3.05, 3.63) is 29.3 Å². The molecule has 1 aromatic rings. The number of hydrogen-bond donors (Lipinski definition) is 1. The third kappa shape index (κ3) is 5.95. The quantitative estimate of drug-likeness (QED) is 0.809. The number of aliphatic imine (C=N–C) groups is 1. The van der Waals surface area contributed by atoms with Gasteiger partial charge in [-0.15, -0.1) is 0 Å². The first-order valence-corrected chi connectivity index (χ1v) is 12.4. The van der Waals surface area contributed by atoms with Gasteiger partial charge in [0.15, 0.2) is 0 Å². The fourth-order valence-corrected chi connectivity index (χ4v) is 1.67. The average molecular weight is 381 g/mol. The van der Waals surface area contributed by atoms with Gasteiger partial charge in [0.25, 0.3) is 0 Å². The van der Waals surface area contributed by atoms with Crippen LogP contribution in [-0.4, -0.2) is 30.1 Å². The molecule has 0 amide bonds. The van der Waals surface area contributed by atoms with E-state index in [0.29, 0.717) is 5.75 Å². The standard InChI is InChI=1S/C13H17NO2.2ClH.Zr/c1-3-16-12-7-11(12)14-8-10-6-4-5-9(2)13(10)15;;;/h4-6,8,11-12,15H,3,7H2,1-2H3;2*1H;/q;;;+2/p-2. The summed E-state index contributed by atoms with van der Waals surface area (Å²) in [6.45, 7) is 4.62. The molecule has 1 aliphatic rings.